The Balaban J connectivity index is 1.41. The van der Waals surface area contributed by atoms with E-state index in [-0.39, 0.29) is 12.5 Å². The molecule has 2 unspecified atom stereocenters. The maximum Gasteiger partial charge on any atom is 0.123 e. The lowest BCUT2D eigenvalue weighted by Crippen LogP contribution is -2.35. The first-order valence-corrected chi connectivity index (χ1v) is 11.6. The van der Waals surface area contributed by atoms with Crippen molar-refractivity contribution in [2.45, 2.75) is 31.6 Å². The van der Waals surface area contributed by atoms with Crippen LogP contribution >= 0.6 is 0 Å². The summed E-state index contributed by atoms with van der Waals surface area (Å²) in [6.45, 7) is 2.34. The van der Waals surface area contributed by atoms with Crippen molar-refractivity contribution in [1.82, 2.24) is 25.1 Å². The number of aryl methyl sites for hydroxylation is 1. The Bertz CT molecular complexity index is 1120. The zero-order chi connectivity index (χ0) is 21.8. The number of aromatic amines is 1. The highest BCUT2D eigenvalue weighted by Crippen LogP contribution is 2.38. The van der Waals surface area contributed by atoms with Crippen molar-refractivity contribution in [3.8, 4) is 5.69 Å². The van der Waals surface area contributed by atoms with Gasteiger partial charge in [-0.25, -0.2) is 0 Å². The predicted molar refractivity (Wildman–Crippen MR) is 127 cm³/mol. The Labute approximate surface area is 188 Å². The molecule has 0 bridgehead atoms. The van der Waals surface area contributed by atoms with Crippen LogP contribution in [0.4, 0.5) is 0 Å². The summed E-state index contributed by atoms with van der Waals surface area (Å²) in [5, 5.41) is 23.0. The molecule has 1 aliphatic rings. The van der Waals surface area contributed by atoms with Crippen LogP contribution in [0.5, 0.6) is 0 Å². The van der Waals surface area contributed by atoms with Crippen molar-refractivity contribution < 1.29 is 5.11 Å². The number of hydrogen-bond acceptors (Lipinski definition) is 4. The molecule has 0 amide bonds. The lowest BCUT2D eigenvalue weighted by Gasteiger charge is -2.36. The van der Waals surface area contributed by atoms with Crippen LogP contribution in [0, 0.1) is 11.8 Å². The lowest BCUT2D eigenvalue weighted by atomic mass is 9.72. The number of H-pyrrole nitrogens is 1. The standard InChI is InChI=1S/C26H31N5O/c32-16-25(19-4-2-1-3-5-19)23(20-10-12-27-13-11-20)8-6-21-15-28-26-9-7-22(14-24(21)26)31-17-29-30-18-31/h1-5,7,9,14-15,17-18,20,23,25,27-28,32H,6,8,10-13,16H2. The smallest absolute Gasteiger partial charge is 0.123 e. The van der Waals surface area contributed by atoms with Gasteiger partial charge in [-0.2, -0.15) is 0 Å². The lowest BCUT2D eigenvalue weighted by molar-refractivity contribution is 0.155. The molecule has 6 heteroatoms. The van der Waals surface area contributed by atoms with E-state index in [1.807, 2.05) is 4.57 Å². The zero-order valence-electron chi connectivity index (χ0n) is 18.3. The highest BCUT2D eigenvalue weighted by atomic mass is 16.3. The van der Waals surface area contributed by atoms with E-state index in [2.05, 4.69) is 75.2 Å². The molecule has 0 aliphatic carbocycles. The van der Waals surface area contributed by atoms with E-state index in [9.17, 15) is 5.11 Å². The Morgan fingerprint density at radius 1 is 1.03 bits per heavy atom. The Kier molecular flexibility index (Phi) is 6.32. The molecule has 1 fully saturated rings. The molecule has 166 valence electrons. The monoisotopic (exact) mass is 429 g/mol. The van der Waals surface area contributed by atoms with Crippen LogP contribution in [0.1, 0.15) is 36.3 Å². The van der Waals surface area contributed by atoms with Crippen LogP contribution < -0.4 is 5.32 Å². The second-order valence-corrected chi connectivity index (χ2v) is 8.90. The van der Waals surface area contributed by atoms with Crippen LogP contribution in [0.2, 0.25) is 0 Å². The van der Waals surface area contributed by atoms with Crippen LogP contribution in [0.3, 0.4) is 0 Å². The fourth-order valence-corrected chi connectivity index (χ4v) is 5.42. The van der Waals surface area contributed by atoms with Gasteiger partial charge >= 0.3 is 0 Å². The largest absolute Gasteiger partial charge is 0.396 e. The van der Waals surface area contributed by atoms with Gasteiger partial charge in [-0.15, -0.1) is 10.2 Å². The van der Waals surface area contributed by atoms with Crippen molar-refractivity contribution in [3.63, 3.8) is 0 Å². The van der Waals surface area contributed by atoms with E-state index < -0.39 is 0 Å². The summed E-state index contributed by atoms with van der Waals surface area (Å²) in [5.74, 6) is 1.26. The molecule has 4 aromatic rings. The molecule has 3 N–H and O–H groups in total. The average molecular weight is 430 g/mol. The molecule has 0 spiro atoms. The number of nitrogens with zero attached hydrogens (tertiary/aromatic N) is 3. The molecule has 0 saturated carbocycles. The number of piperidine rings is 1. The number of nitrogens with one attached hydrogen (secondary N) is 2. The predicted octanol–water partition coefficient (Wildman–Crippen LogP) is 4.07. The van der Waals surface area contributed by atoms with Gasteiger partial charge in [0.2, 0.25) is 0 Å². The van der Waals surface area contributed by atoms with Gasteiger partial charge < -0.3 is 15.4 Å². The molecule has 6 nitrogen and oxygen atoms in total. The highest BCUT2D eigenvalue weighted by Gasteiger charge is 2.31. The van der Waals surface area contributed by atoms with Crippen molar-refractivity contribution in [2.75, 3.05) is 19.7 Å². The van der Waals surface area contributed by atoms with Gasteiger partial charge in [0.15, 0.2) is 0 Å². The van der Waals surface area contributed by atoms with Gasteiger partial charge in [0.1, 0.15) is 12.7 Å². The van der Waals surface area contributed by atoms with E-state index in [0.29, 0.717) is 11.8 Å². The average Bonchev–Trinajstić information content (AvgIpc) is 3.53. The van der Waals surface area contributed by atoms with Gasteiger partial charge in [-0.05, 0) is 79.9 Å². The maximum absolute atomic E-state index is 10.4. The molecule has 1 aliphatic heterocycles. The topological polar surface area (TPSA) is 78.8 Å². The first kappa shape index (κ1) is 20.9. The van der Waals surface area contributed by atoms with E-state index in [4.69, 9.17) is 0 Å². The van der Waals surface area contributed by atoms with E-state index >= 15 is 0 Å². The minimum atomic E-state index is 0.178. The summed E-state index contributed by atoms with van der Waals surface area (Å²) in [6.07, 6.45) is 10.0. The van der Waals surface area contributed by atoms with Crippen molar-refractivity contribution in [1.29, 1.82) is 0 Å². The Morgan fingerprint density at radius 2 is 1.81 bits per heavy atom. The molecule has 5 rings (SSSR count). The molecule has 2 aromatic heterocycles. The number of fused-ring (bicyclic) bond motifs is 1. The molecular formula is C26H31N5O. The minimum Gasteiger partial charge on any atom is -0.396 e. The molecular weight excluding hydrogens is 398 g/mol. The molecule has 3 heterocycles. The molecule has 2 aromatic carbocycles. The van der Waals surface area contributed by atoms with Gasteiger partial charge in [0.05, 0.1) is 6.61 Å². The zero-order valence-corrected chi connectivity index (χ0v) is 18.3. The number of benzene rings is 2. The first-order valence-electron chi connectivity index (χ1n) is 11.6. The summed E-state index contributed by atoms with van der Waals surface area (Å²) in [6, 6.07) is 17.0. The third-order valence-corrected chi connectivity index (χ3v) is 7.15. The second kappa shape index (κ2) is 9.67. The van der Waals surface area contributed by atoms with E-state index in [1.165, 1.54) is 29.4 Å². The number of hydrogen-bond donors (Lipinski definition) is 3. The van der Waals surface area contributed by atoms with Crippen molar-refractivity contribution in [2.24, 2.45) is 11.8 Å². The van der Waals surface area contributed by atoms with Gasteiger partial charge in [0.25, 0.3) is 0 Å². The van der Waals surface area contributed by atoms with E-state index in [0.717, 1.165) is 37.1 Å². The number of rotatable bonds is 8. The Hall–Kier alpha value is -2.96. The van der Waals surface area contributed by atoms with Crippen molar-refractivity contribution in [3.05, 3.63) is 78.5 Å². The van der Waals surface area contributed by atoms with Crippen LogP contribution in [-0.2, 0) is 6.42 Å². The summed E-state index contributed by atoms with van der Waals surface area (Å²) in [7, 11) is 0. The maximum atomic E-state index is 10.4. The summed E-state index contributed by atoms with van der Waals surface area (Å²) >= 11 is 0. The number of aliphatic hydroxyl groups excluding tert-OH is 1. The third-order valence-electron chi connectivity index (χ3n) is 7.15. The molecule has 0 radical (unpaired) electrons. The summed E-state index contributed by atoms with van der Waals surface area (Å²) < 4.78 is 1.94. The molecule has 1 saturated heterocycles. The van der Waals surface area contributed by atoms with Gasteiger partial charge in [-0.3, -0.25) is 4.57 Å². The molecule has 2 atom stereocenters. The van der Waals surface area contributed by atoms with Gasteiger partial charge in [-0.1, -0.05) is 30.3 Å². The normalized spacial score (nSPS) is 16.9. The van der Waals surface area contributed by atoms with Crippen LogP contribution in [0.15, 0.2) is 67.4 Å². The highest BCUT2D eigenvalue weighted by molar-refractivity contribution is 5.85. The minimum absolute atomic E-state index is 0.178. The fourth-order valence-electron chi connectivity index (χ4n) is 5.42. The van der Waals surface area contributed by atoms with Gasteiger partial charge in [0, 0.05) is 28.7 Å². The summed E-state index contributed by atoms with van der Waals surface area (Å²) in [5.41, 5.74) is 4.80. The van der Waals surface area contributed by atoms with Crippen molar-refractivity contribution >= 4 is 10.9 Å². The number of aliphatic hydroxyl groups is 1. The van der Waals surface area contributed by atoms with E-state index in [1.54, 1.807) is 12.7 Å². The quantitative estimate of drug-likeness (QED) is 0.394. The fraction of sp³-hybridized carbons (Fsp3) is 0.385. The SMILES string of the molecule is OCC(c1ccccc1)C(CCc1c[nH]c2ccc(-n3cnnc3)cc12)C1CCNCC1. The summed E-state index contributed by atoms with van der Waals surface area (Å²) in [4.78, 5) is 3.44. The second-order valence-electron chi connectivity index (χ2n) is 8.90. The Morgan fingerprint density at radius 3 is 2.56 bits per heavy atom. The number of aromatic nitrogens is 4. The molecule has 32 heavy (non-hydrogen) atoms. The van der Waals surface area contributed by atoms with Crippen LogP contribution in [0.25, 0.3) is 16.6 Å². The third kappa shape index (κ3) is 4.33. The van der Waals surface area contributed by atoms with Crippen LogP contribution in [-0.4, -0.2) is 44.6 Å². The first-order chi connectivity index (χ1) is 15.8.